The highest BCUT2D eigenvalue weighted by Gasteiger charge is 2.14. The summed E-state index contributed by atoms with van der Waals surface area (Å²) in [6.07, 6.45) is 3.08. The monoisotopic (exact) mass is 234 g/mol. The van der Waals surface area contributed by atoms with Gasteiger partial charge in [-0.3, -0.25) is 0 Å². The first-order valence-electron chi connectivity index (χ1n) is 6.32. The van der Waals surface area contributed by atoms with Crippen LogP contribution in [0.5, 0.6) is 0 Å². The average molecular weight is 234 g/mol. The van der Waals surface area contributed by atoms with Gasteiger partial charge in [-0.15, -0.1) is 0 Å². The molecule has 1 saturated heterocycles. The zero-order valence-corrected chi connectivity index (χ0v) is 11.1. The van der Waals surface area contributed by atoms with Crippen molar-refractivity contribution in [2.24, 2.45) is 5.41 Å². The van der Waals surface area contributed by atoms with Gasteiger partial charge in [0.1, 0.15) is 5.82 Å². The van der Waals surface area contributed by atoms with Gasteiger partial charge in [0.2, 0.25) is 0 Å². The van der Waals surface area contributed by atoms with Gasteiger partial charge in [-0.25, -0.2) is 4.98 Å². The second kappa shape index (κ2) is 5.05. The summed E-state index contributed by atoms with van der Waals surface area (Å²) in [6, 6.07) is 4.33. The zero-order valence-electron chi connectivity index (χ0n) is 11.1. The van der Waals surface area contributed by atoms with Crippen molar-refractivity contribution in [3.8, 4) is 0 Å². The second-order valence-electron chi connectivity index (χ2n) is 5.86. The molecule has 0 radical (unpaired) electrons. The molecule has 1 aromatic heterocycles. The number of rotatable bonds is 2. The van der Waals surface area contributed by atoms with Crippen molar-refractivity contribution in [3.05, 3.63) is 23.9 Å². The van der Waals surface area contributed by atoms with Gasteiger partial charge in [0.15, 0.2) is 0 Å². The fraction of sp³-hybridized carbons (Fsp3) is 0.643. The SMILES string of the molecule is CC(C)(C)Cc1ccc(N2CCOCC2)nc1. The molecule has 1 fully saturated rings. The molecule has 0 unspecified atom stereocenters. The molecule has 3 heteroatoms. The van der Waals surface area contributed by atoms with Crippen molar-refractivity contribution in [3.63, 3.8) is 0 Å². The molecule has 2 rings (SSSR count). The van der Waals surface area contributed by atoms with Crippen LogP contribution in [-0.2, 0) is 11.2 Å². The van der Waals surface area contributed by atoms with Crippen molar-refractivity contribution in [1.29, 1.82) is 0 Å². The Kier molecular flexibility index (Phi) is 3.67. The molecular formula is C14H22N2O. The van der Waals surface area contributed by atoms with E-state index in [4.69, 9.17) is 4.74 Å². The minimum atomic E-state index is 0.322. The normalized spacial score (nSPS) is 17.2. The number of hydrogen-bond acceptors (Lipinski definition) is 3. The molecule has 1 aliphatic rings. The van der Waals surface area contributed by atoms with Gasteiger partial charge >= 0.3 is 0 Å². The van der Waals surface area contributed by atoms with Crippen LogP contribution in [0.3, 0.4) is 0 Å². The number of anilines is 1. The van der Waals surface area contributed by atoms with Crippen LogP contribution in [0.2, 0.25) is 0 Å². The Morgan fingerprint density at radius 3 is 2.47 bits per heavy atom. The first-order chi connectivity index (χ1) is 8.04. The Labute approximate surface area is 104 Å². The van der Waals surface area contributed by atoms with E-state index in [0.29, 0.717) is 5.41 Å². The lowest BCUT2D eigenvalue weighted by atomic mass is 9.89. The van der Waals surface area contributed by atoms with Gasteiger partial charge < -0.3 is 9.64 Å². The smallest absolute Gasteiger partial charge is 0.128 e. The Balaban J connectivity index is 2.02. The quantitative estimate of drug-likeness (QED) is 0.786. The van der Waals surface area contributed by atoms with E-state index < -0.39 is 0 Å². The van der Waals surface area contributed by atoms with Gasteiger partial charge in [0.25, 0.3) is 0 Å². The highest BCUT2D eigenvalue weighted by molar-refractivity contribution is 5.39. The van der Waals surface area contributed by atoms with Gasteiger partial charge in [-0.1, -0.05) is 26.8 Å². The fourth-order valence-electron chi connectivity index (χ4n) is 2.11. The number of morpholine rings is 1. The molecule has 1 aliphatic heterocycles. The zero-order chi connectivity index (χ0) is 12.3. The van der Waals surface area contributed by atoms with E-state index in [1.165, 1.54) is 5.56 Å². The van der Waals surface area contributed by atoms with E-state index in [1.54, 1.807) is 0 Å². The Hall–Kier alpha value is -1.09. The highest BCUT2D eigenvalue weighted by atomic mass is 16.5. The molecular weight excluding hydrogens is 212 g/mol. The third-order valence-electron chi connectivity index (χ3n) is 2.88. The van der Waals surface area contributed by atoms with E-state index in [-0.39, 0.29) is 0 Å². The molecule has 17 heavy (non-hydrogen) atoms. The third-order valence-corrected chi connectivity index (χ3v) is 2.88. The summed E-state index contributed by atoms with van der Waals surface area (Å²) in [5, 5.41) is 0. The lowest BCUT2D eigenvalue weighted by Crippen LogP contribution is -2.36. The molecule has 3 nitrogen and oxygen atoms in total. The molecule has 0 bridgehead atoms. The van der Waals surface area contributed by atoms with E-state index >= 15 is 0 Å². The molecule has 0 amide bonds. The van der Waals surface area contributed by atoms with E-state index in [0.717, 1.165) is 38.5 Å². The van der Waals surface area contributed by atoms with Crippen molar-refractivity contribution in [2.45, 2.75) is 27.2 Å². The van der Waals surface area contributed by atoms with Crippen molar-refractivity contribution < 1.29 is 4.74 Å². The van der Waals surface area contributed by atoms with E-state index in [1.807, 2.05) is 6.20 Å². The molecule has 1 aromatic rings. The summed E-state index contributed by atoms with van der Waals surface area (Å²) in [6.45, 7) is 10.3. The molecule has 94 valence electrons. The maximum Gasteiger partial charge on any atom is 0.128 e. The van der Waals surface area contributed by atoms with Crippen LogP contribution in [0.1, 0.15) is 26.3 Å². The summed E-state index contributed by atoms with van der Waals surface area (Å²) in [5.41, 5.74) is 1.64. The molecule has 0 saturated carbocycles. The average Bonchev–Trinajstić information content (AvgIpc) is 2.29. The van der Waals surface area contributed by atoms with Crippen LogP contribution in [0.25, 0.3) is 0 Å². The lowest BCUT2D eigenvalue weighted by molar-refractivity contribution is 0.122. The van der Waals surface area contributed by atoms with E-state index in [2.05, 4.69) is 42.8 Å². The Morgan fingerprint density at radius 2 is 1.94 bits per heavy atom. The molecule has 2 heterocycles. The molecule has 0 aliphatic carbocycles. The minimum absolute atomic E-state index is 0.322. The predicted molar refractivity (Wildman–Crippen MR) is 70.4 cm³/mol. The van der Waals surface area contributed by atoms with Crippen LogP contribution in [0, 0.1) is 5.41 Å². The molecule has 0 atom stereocenters. The summed E-state index contributed by atoms with van der Waals surface area (Å²) in [7, 11) is 0. The molecule has 0 aromatic carbocycles. The van der Waals surface area contributed by atoms with Gasteiger partial charge in [-0.05, 0) is 23.5 Å². The van der Waals surface area contributed by atoms with Crippen LogP contribution in [0.4, 0.5) is 5.82 Å². The van der Waals surface area contributed by atoms with E-state index in [9.17, 15) is 0 Å². The van der Waals surface area contributed by atoms with Gasteiger partial charge in [-0.2, -0.15) is 0 Å². The standard InChI is InChI=1S/C14H22N2O/c1-14(2,3)10-12-4-5-13(15-11-12)16-6-8-17-9-7-16/h4-5,11H,6-10H2,1-3H3. The summed E-state index contributed by atoms with van der Waals surface area (Å²) >= 11 is 0. The Morgan fingerprint density at radius 1 is 1.24 bits per heavy atom. The second-order valence-corrected chi connectivity index (χ2v) is 5.86. The maximum absolute atomic E-state index is 5.34. The van der Waals surface area contributed by atoms with Crippen molar-refractivity contribution >= 4 is 5.82 Å². The number of aromatic nitrogens is 1. The van der Waals surface area contributed by atoms with Crippen molar-refractivity contribution in [2.75, 3.05) is 31.2 Å². The first-order valence-corrected chi connectivity index (χ1v) is 6.32. The molecule has 0 spiro atoms. The topological polar surface area (TPSA) is 25.4 Å². The molecule has 0 N–H and O–H groups in total. The number of hydrogen-bond donors (Lipinski definition) is 0. The Bertz CT molecular complexity index is 347. The van der Waals surface area contributed by atoms with Gasteiger partial charge in [0, 0.05) is 19.3 Å². The lowest BCUT2D eigenvalue weighted by Gasteiger charge is -2.28. The number of nitrogens with zero attached hydrogens (tertiary/aromatic N) is 2. The van der Waals surface area contributed by atoms with Crippen LogP contribution in [0.15, 0.2) is 18.3 Å². The van der Waals surface area contributed by atoms with Gasteiger partial charge in [0.05, 0.1) is 13.2 Å². The van der Waals surface area contributed by atoms with Crippen LogP contribution < -0.4 is 4.90 Å². The summed E-state index contributed by atoms with van der Waals surface area (Å²) < 4.78 is 5.34. The summed E-state index contributed by atoms with van der Waals surface area (Å²) in [5.74, 6) is 1.07. The van der Waals surface area contributed by atoms with Crippen LogP contribution >= 0.6 is 0 Å². The number of ether oxygens (including phenoxy) is 1. The predicted octanol–water partition coefficient (Wildman–Crippen LogP) is 2.51. The first kappa shape index (κ1) is 12.4. The third kappa shape index (κ3) is 3.70. The number of pyridine rings is 1. The van der Waals surface area contributed by atoms with Crippen molar-refractivity contribution in [1.82, 2.24) is 4.98 Å². The minimum Gasteiger partial charge on any atom is -0.378 e. The maximum atomic E-state index is 5.34. The summed E-state index contributed by atoms with van der Waals surface area (Å²) in [4.78, 5) is 6.84. The largest absolute Gasteiger partial charge is 0.378 e. The van der Waals surface area contributed by atoms with Crippen LogP contribution in [-0.4, -0.2) is 31.3 Å². The highest BCUT2D eigenvalue weighted by Crippen LogP contribution is 2.21. The fourth-order valence-corrected chi connectivity index (χ4v) is 2.11.